The third kappa shape index (κ3) is 14.8. The number of hydrogen-bond acceptors (Lipinski definition) is 11. The van der Waals surface area contributed by atoms with Crippen molar-refractivity contribution in [1.82, 2.24) is 0 Å². The van der Waals surface area contributed by atoms with Gasteiger partial charge in [-0.1, -0.05) is 46.9 Å². The number of aromatic carboxylic acids is 2. The molecule has 1 heterocycles. The molecule has 0 amide bonds. The first-order chi connectivity index (χ1) is 19.7. The van der Waals surface area contributed by atoms with Crippen molar-refractivity contribution in [2.24, 2.45) is 0 Å². The van der Waals surface area contributed by atoms with Gasteiger partial charge in [-0.25, -0.2) is 9.59 Å². The number of aliphatic hydroxyl groups is 1. The number of carboxylic acid groups (broad SMARTS) is 2. The molecule has 0 saturated carbocycles. The molecule has 0 aliphatic carbocycles. The van der Waals surface area contributed by atoms with Crippen LogP contribution in [0.5, 0.6) is 17.2 Å². The van der Waals surface area contributed by atoms with Crippen LogP contribution in [0, 0.1) is 0 Å². The average molecular weight is 783 g/mol. The van der Waals surface area contributed by atoms with Crippen LogP contribution in [-0.2, 0) is 29.3 Å². The Bertz CT molecular complexity index is 1330. The van der Waals surface area contributed by atoms with E-state index in [1.54, 1.807) is 37.4 Å². The molecule has 3 N–H and O–H groups in total. The maximum atomic E-state index is 11.1. The molecule has 12 nitrogen and oxygen atoms in total. The van der Waals surface area contributed by atoms with Crippen LogP contribution in [0.4, 0.5) is 0 Å². The van der Waals surface area contributed by atoms with E-state index in [4.69, 9.17) is 33.9 Å². The van der Waals surface area contributed by atoms with E-state index < -0.39 is 11.9 Å². The summed E-state index contributed by atoms with van der Waals surface area (Å²) < 4.78 is 24.8. The molecule has 0 fully saturated rings. The molecule has 0 atom stereocenters. The summed E-state index contributed by atoms with van der Waals surface area (Å²) in [7, 11) is 6.00. The van der Waals surface area contributed by atoms with Crippen molar-refractivity contribution in [3.63, 3.8) is 0 Å². The van der Waals surface area contributed by atoms with Crippen molar-refractivity contribution in [2.45, 2.75) is 19.8 Å². The summed E-state index contributed by atoms with van der Waals surface area (Å²) in [6, 6.07) is 14.7. The zero-order valence-electron chi connectivity index (χ0n) is 26.1. The Labute approximate surface area is 326 Å². The van der Waals surface area contributed by atoms with E-state index >= 15 is 0 Å². The Kier molecular flexibility index (Phi) is 30.7. The van der Waals surface area contributed by atoms with Gasteiger partial charge in [-0.3, -0.25) is 0 Å². The molecule has 16 heteroatoms. The van der Waals surface area contributed by atoms with Crippen LogP contribution in [0.15, 0.2) is 54.6 Å². The molecule has 4 rings (SSSR count). The van der Waals surface area contributed by atoms with Gasteiger partial charge in [-0.05, 0) is 35.3 Å². The summed E-state index contributed by atoms with van der Waals surface area (Å²) in [5, 5.41) is 28.4. The average Bonchev–Trinajstić information content (AvgIpc) is 3.39. The molecular weight excluding hydrogens is 749 g/mol. The van der Waals surface area contributed by atoms with Crippen LogP contribution in [0.1, 0.15) is 47.8 Å². The van der Waals surface area contributed by atoms with Crippen molar-refractivity contribution >= 4 is 52.9 Å². The van der Waals surface area contributed by atoms with E-state index in [9.17, 15) is 19.5 Å². The number of methoxy groups -OCH3 is 4. The summed E-state index contributed by atoms with van der Waals surface area (Å²) in [5.74, 6) is -0.947. The van der Waals surface area contributed by atoms with Crippen molar-refractivity contribution in [2.75, 3.05) is 33.4 Å². The molecule has 1 aliphatic rings. The Balaban J connectivity index is -0.000000261. The van der Waals surface area contributed by atoms with Crippen LogP contribution >= 0.6 is 35.0 Å². The fraction of sp³-hybridized carbons (Fsp3) is 0.276. The van der Waals surface area contributed by atoms with Gasteiger partial charge >= 0.3 is 71.1 Å². The van der Waals surface area contributed by atoms with E-state index in [2.05, 4.69) is 22.6 Å². The zero-order valence-corrected chi connectivity index (χ0v) is 33.1. The molecule has 0 radical (unpaired) electrons. The minimum atomic E-state index is -1.32. The van der Waals surface area contributed by atoms with Crippen molar-refractivity contribution < 1.29 is 118 Å². The summed E-state index contributed by atoms with van der Waals surface area (Å²) in [6.07, 6.45) is 0. The molecule has 0 saturated heterocycles. The van der Waals surface area contributed by atoms with Crippen molar-refractivity contribution in [1.29, 1.82) is 0 Å². The Morgan fingerprint density at radius 2 is 1.31 bits per heavy atom. The molecular formula is C29H34ClINa2O12. The number of rotatable bonds is 8. The van der Waals surface area contributed by atoms with Crippen LogP contribution in [-0.4, -0.2) is 67.0 Å². The number of halogens is 2. The number of fused-ring (bicyclic) bond motifs is 1. The van der Waals surface area contributed by atoms with E-state index in [1.165, 1.54) is 39.5 Å². The first-order valence-electron chi connectivity index (χ1n) is 11.8. The SMILES string of the molecule is CI.COCc1c(OC)cccc1C(=O)O.COc1cccc(C(=O)[O-])c1CO.COc1cccc2c1COC2=O.Cl.[Na+].[Na+].[OH-]. The number of benzene rings is 3. The van der Waals surface area contributed by atoms with Crippen LogP contribution < -0.4 is 78.4 Å². The number of aliphatic hydroxyl groups excluding tert-OH is 1. The molecule has 0 spiro atoms. The van der Waals surface area contributed by atoms with Gasteiger partial charge in [0.05, 0.1) is 51.6 Å². The summed E-state index contributed by atoms with van der Waals surface area (Å²) in [6.45, 7) is 0.178. The Hall–Kier alpha value is -1.63. The normalized spacial score (nSPS) is 9.71. The number of carboxylic acids is 2. The number of esters is 1. The van der Waals surface area contributed by atoms with Gasteiger partial charge in [-0.2, -0.15) is 0 Å². The second-order valence-electron chi connectivity index (χ2n) is 7.72. The van der Waals surface area contributed by atoms with Crippen LogP contribution in [0.25, 0.3) is 0 Å². The predicted octanol–water partition coefficient (Wildman–Crippen LogP) is -2.24. The van der Waals surface area contributed by atoms with Crippen LogP contribution in [0.3, 0.4) is 0 Å². The molecule has 0 aromatic heterocycles. The molecule has 45 heavy (non-hydrogen) atoms. The molecule has 3 aromatic rings. The fourth-order valence-corrected chi connectivity index (χ4v) is 3.67. The maximum Gasteiger partial charge on any atom is 1.00 e. The fourth-order valence-electron chi connectivity index (χ4n) is 3.67. The topological polar surface area (TPSA) is 191 Å². The van der Waals surface area contributed by atoms with Gasteiger partial charge in [0.1, 0.15) is 23.9 Å². The van der Waals surface area contributed by atoms with Crippen LogP contribution in [0.2, 0.25) is 0 Å². The van der Waals surface area contributed by atoms with E-state index in [-0.39, 0.29) is 113 Å². The number of carbonyl (C=O) groups is 3. The van der Waals surface area contributed by atoms with E-state index in [0.29, 0.717) is 29.2 Å². The zero-order chi connectivity index (χ0) is 30.9. The number of alkyl halides is 1. The Morgan fingerprint density at radius 3 is 1.76 bits per heavy atom. The van der Waals surface area contributed by atoms with E-state index in [1.807, 2.05) is 11.0 Å². The first-order valence-corrected chi connectivity index (χ1v) is 14.0. The third-order valence-corrected chi connectivity index (χ3v) is 5.52. The van der Waals surface area contributed by atoms with Crippen molar-refractivity contribution in [3.8, 4) is 17.2 Å². The predicted molar refractivity (Wildman–Crippen MR) is 165 cm³/mol. The molecule has 0 unspecified atom stereocenters. The standard InChI is InChI=1S/C10H12O4.C9H10O4.C9H8O3.CH3I.ClH.2Na.H2O/c1-13-6-8-7(10(11)12)4-3-5-9(8)14-2;1-13-8-4-2-3-6(9(11)12)7(8)5-10;1-11-8-4-2-3-6-7(8)5-12-9(6)10;1-2;;;;/h3-5H,6H2,1-2H3,(H,11,12);2-4,10H,5H2,1H3,(H,11,12);2-4H,5H2,1H3;1H3;1H;;;1H2/q;;;;;2*+1;/p-2. The number of hydrogen-bond donors (Lipinski definition) is 2. The molecule has 238 valence electrons. The number of ether oxygens (including phenoxy) is 5. The minimum Gasteiger partial charge on any atom is -0.870 e. The quantitative estimate of drug-likeness (QED) is 0.108. The van der Waals surface area contributed by atoms with E-state index in [0.717, 1.165) is 11.3 Å². The molecule has 3 aromatic carbocycles. The maximum absolute atomic E-state index is 11.1. The number of carbonyl (C=O) groups excluding carboxylic acids is 2. The van der Waals surface area contributed by atoms with Gasteiger partial charge in [-0.15, -0.1) is 12.4 Å². The summed E-state index contributed by atoms with van der Waals surface area (Å²) in [4.78, 5) is 34.5. The Morgan fingerprint density at radius 1 is 0.844 bits per heavy atom. The second kappa shape index (κ2) is 27.5. The third-order valence-electron chi connectivity index (χ3n) is 5.52. The number of cyclic esters (lactones) is 1. The molecule has 1 aliphatic heterocycles. The largest absolute Gasteiger partial charge is 1.00 e. The van der Waals surface area contributed by atoms with Gasteiger partial charge in [0.15, 0.2) is 0 Å². The van der Waals surface area contributed by atoms with Gasteiger partial charge in [0.25, 0.3) is 0 Å². The smallest absolute Gasteiger partial charge is 0.870 e. The monoisotopic (exact) mass is 782 g/mol. The summed E-state index contributed by atoms with van der Waals surface area (Å²) in [5.41, 5.74) is 2.45. The second-order valence-corrected chi connectivity index (χ2v) is 7.72. The van der Waals surface area contributed by atoms with Gasteiger partial charge in [0.2, 0.25) is 0 Å². The first kappa shape index (κ1) is 50.2. The summed E-state index contributed by atoms with van der Waals surface area (Å²) >= 11 is 2.15. The van der Waals surface area contributed by atoms with Gasteiger partial charge < -0.3 is 49.3 Å². The van der Waals surface area contributed by atoms with Crippen molar-refractivity contribution in [3.05, 3.63) is 88.0 Å². The molecule has 0 bridgehead atoms. The van der Waals surface area contributed by atoms with Gasteiger partial charge in [0, 0.05) is 29.4 Å². The minimum absolute atomic E-state index is 0.